The molecule has 0 fully saturated rings. The SMILES string of the molecule is Cc1ccc(Nc2nccc(Cl)n2)cc1S(=O)(=O)NN. The molecular weight excluding hydrogens is 302 g/mol. The summed E-state index contributed by atoms with van der Waals surface area (Å²) in [6, 6.07) is 6.33. The van der Waals surface area contributed by atoms with Crippen molar-refractivity contribution in [1.29, 1.82) is 0 Å². The van der Waals surface area contributed by atoms with E-state index in [2.05, 4.69) is 15.3 Å². The summed E-state index contributed by atoms with van der Waals surface area (Å²) in [7, 11) is -3.73. The zero-order valence-corrected chi connectivity index (χ0v) is 12.0. The number of benzene rings is 1. The van der Waals surface area contributed by atoms with E-state index in [0.717, 1.165) is 0 Å². The zero-order chi connectivity index (χ0) is 14.8. The molecule has 0 atom stereocenters. The maximum atomic E-state index is 11.8. The fourth-order valence-electron chi connectivity index (χ4n) is 1.56. The number of halogens is 1. The molecule has 0 aliphatic rings. The van der Waals surface area contributed by atoms with E-state index >= 15 is 0 Å². The summed E-state index contributed by atoms with van der Waals surface area (Å²) in [4.78, 5) is 9.80. The van der Waals surface area contributed by atoms with Gasteiger partial charge in [-0.1, -0.05) is 17.7 Å². The second-order valence-electron chi connectivity index (χ2n) is 3.93. The first kappa shape index (κ1) is 14.7. The summed E-state index contributed by atoms with van der Waals surface area (Å²) in [5.41, 5.74) is 1.08. The number of rotatable bonds is 4. The van der Waals surface area contributed by atoms with Gasteiger partial charge in [-0.2, -0.15) is 4.83 Å². The standard InChI is InChI=1S/C11H12ClN5O2S/c1-7-2-3-8(6-9(7)20(18,19)17-13)15-11-14-5-4-10(12)16-11/h2-6,17H,13H2,1H3,(H,14,15,16). The Hall–Kier alpha value is -1.74. The monoisotopic (exact) mass is 313 g/mol. The maximum Gasteiger partial charge on any atom is 0.253 e. The van der Waals surface area contributed by atoms with Crippen LogP contribution in [0.15, 0.2) is 35.4 Å². The van der Waals surface area contributed by atoms with Gasteiger partial charge in [0.2, 0.25) is 5.95 Å². The lowest BCUT2D eigenvalue weighted by Crippen LogP contribution is -2.30. The molecule has 0 unspecified atom stereocenters. The van der Waals surface area contributed by atoms with E-state index in [9.17, 15) is 8.42 Å². The first-order valence-corrected chi connectivity index (χ1v) is 7.37. The van der Waals surface area contributed by atoms with Crippen LogP contribution in [0.3, 0.4) is 0 Å². The minimum atomic E-state index is -3.73. The fourth-order valence-corrected chi connectivity index (χ4v) is 2.59. The minimum Gasteiger partial charge on any atom is -0.324 e. The van der Waals surface area contributed by atoms with Gasteiger partial charge in [-0.25, -0.2) is 18.4 Å². The van der Waals surface area contributed by atoms with Crippen LogP contribution >= 0.6 is 11.6 Å². The number of hydrogen-bond acceptors (Lipinski definition) is 6. The van der Waals surface area contributed by atoms with Gasteiger partial charge in [-0.3, -0.25) is 5.84 Å². The Morgan fingerprint density at radius 3 is 2.70 bits per heavy atom. The molecule has 0 spiro atoms. The molecule has 0 bridgehead atoms. The third-order valence-electron chi connectivity index (χ3n) is 2.51. The van der Waals surface area contributed by atoms with E-state index in [1.165, 1.54) is 18.3 Å². The van der Waals surface area contributed by atoms with E-state index < -0.39 is 10.0 Å². The molecule has 2 rings (SSSR count). The molecule has 9 heteroatoms. The Balaban J connectivity index is 2.38. The normalized spacial score (nSPS) is 11.3. The molecule has 0 radical (unpaired) electrons. The van der Waals surface area contributed by atoms with Gasteiger partial charge in [0.25, 0.3) is 10.0 Å². The predicted molar refractivity (Wildman–Crippen MR) is 76.0 cm³/mol. The van der Waals surface area contributed by atoms with Crippen LogP contribution in [0.25, 0.3) is 0 Å². The topological polar surface area (TPSA) is 110 Å². The number of nitrogens with one attached hydrogen (secondary N) is 2. The lowest BCUT2D eigenvalue weighted by atomic mass is 10.2. The van der Waals surface area contributed by atoms with Crippen LogP contribution in [0, 0.1) is 6.92 Å². The largest absolute Gasteiger partial charge is 0.324 e. The van der Waals surface area contributed by atoms with Crippen molar-refractivity contribution in [2.24, 2.45) is 5.84 Å². The summed E-state index contributed by atoms with van der Waals surface area (Å²) < 4.78 is 23.5. The van der Waals surface area contributed by atoms with Crippen molar-refractivity contribution < 1.29 is 8.42 Å². The van der Waals surface area contributed by atoms with Crippen LogP contribution in [0.5, 0.6) is 0 Å². The summed E-state index contributed by atoms with van der Waals surface area (Å²) in [5.74, 6) is 5.30. The number of sulfonamides is 1. The number of nitrogens with two attached hydrogens (primary N) is 1. The lowest BCUT2D eigenvalue weighted by molar-refractivity contribution is 0.583. The number of aromatic nitrogens is 2. The van der Waals surface area contributed by atoms with Crippen molar-refractivity contribution in [2.75, 3.05) is 5.32 Å². The molecule has 7 nitrogen and oxygen atoms in total. The Morgan fingerprint density at radius 2 is 2.05 bits per heavy atom. The van der Waals surface area contributed by atoms with Gasteiger partial charge >= 0.3 is 0 Å². The zero-order valence-electron chi connectivity index (χ0n) is 10.5. The third-order valence-corrected chi connectivity index (χ3v) is 4.05. The molecule has 1 aromatic carbocycles. The van der Waals surface area contributed by atoms with Gasteiger partial charge in [-0.15, -0.1) is 0 Å². The van der Waals surface area contributed by atoms with E-state index in [0.29, 0.717) is 11.3 Å². The molecule has 20 heavy (non-hydrogen) atoms. The quantitative estimate of drug-likeness (QED) is 0.446. The van der Waals surface area contributed by atoms with Gasteiger partial charge in [-0.05, 0) is 30.7 Å². The van der Waals surface area contributed by atoms with Crippen molar-refractivity contribution in [3.63, 3.8) is 0 Å². The molecule has 0 aliphatic carbocycles. The molecule has 2 aromatic rings. The molecular formula is C11H12ClN5O2S. The van der Waals surface area contributed by atoms with Crippen LogP contribution in [0.2, 0.25) is 5.15 Å². The fraction of sp³-hybridized carbons (Fsp3) is 0.0909. The van der Waals surface area contributed by atoms with Crippen molar-refractivity contribution in [2.45, 2.75) is 11.8 Å². The number of hydrogen-bond donors (Lipinski definition) is 3. The van der Waals surface area contributed by atoms with Gasteiger partial charge in [0.15, 0.2) is 0 Å². The Labute approximate surface area is 121 Å². The van der Waals surface area contributed by atoms with Crippen molar-refractivity contribution in [3.05, 3.63) is 41.2 Å². The highest BCUT2D eigenvalue weighted by atomic mass is 35.5. The van der Waals surface area contributed by atoms with Gasteiger partial charge in [0, 0.05) is 11.9 Å². The second-order valence-corrected chi connectivity index (χ2v) is 6.00. The van der Waals surface area contributed by atoms with Crippen molar-refractivity contribution >= 4 is 33.3 Å². The van der Waals surface area contributed by atoms with Gasteiger partial charge in [0.05, 0.1) is 4.90 Å². The molecule has 106 valence electrons. The molecule has 0 aliphatic heterocycles. The number of aryl methyl sites for hydroxylation is 1. The Kier molecular flexibility index (Phi) is 4.19. The summed E-state index contributed by atoms with van der Waals surface area (Å²) in [6.07, 6.45) is 1.49. The maximum absolute atomic E-state index is 11.8. The summed E-state index contributed by atoms with van der Waals surface area (Å²) in [5, 5.41) is 3.15. The molecule has 1 aromatic heterocycles. The highest BCUT2D eigenvalue weighted by Gasteiger charge is 2.15. The van der Waals surface area contributed by atoms with E-state index in [1.807, 2.05) is 0 Å². The second kappa shape index (κ2) is 5.71. The van der Waals surface area contributed by atoms with Crippen LogP contribution < -0.4 is 16.0 Å². The van der Waals surface area contributed by atoms with Gasteiger partial charge < -0.3 is 5.32 Å². The van der Waals surface area contributed by atoms with Crippen LogP contribution in [0.1, 0.15) is 5.56 Å². The Bertz CT molecular complexity index is 735. The average Bonchev–Trinajstić information content (AvgIpc) is 2.41. The van der Waals surface area contributed by atoms with Crippen LogP contribution in [0.4, 0.5) is 11.6 Å². The average molecular weight is 314 g/mol. The molecule has 0 amide bonds. The van der Waals surface area contributed by atoms with E-state index in [4.69, 9.17) is 17.4 Å². The van der Waals surface area contributed by atoms with Crippen molar-refractivity contribution in [3.8, 4) is 0 Å². The lowest BCUT2D eigenvalue weighted by Gasteiger charge is -2.10. The van der Waals surface area contributed by atoms with Crippen LogP contribution in [-0.4, -0.2) is 18.4 Å². The van der Waals surface area contributed by atoms with E-state index in [-0.39, 0.29) is 16.0 Å². The molecule has 0 saturated heterocycles. The van der Waals surface area contributed by atoms with Crippen LogP contribution in [-0.2, 0) is 10.0 Å². The number of nitrogens with zero attached hydrogens (tertiary/aromatic N) is 2. The number of hydrazine groups is 1. The molecule has 1 heterocycles. The molecule has 0 saturated carbocycles. The highest BCUT2D eigenvalue weighted by molar-refractivity contribution is 7.89. The first-order valence-electron chi connectivity index (χ1n) is 5.51. The highest BCUT2D eigenvalue weighted by Crippen LogP contribution is 2.21. The van der Waals surface area contributed by atoms with E-state index in [1.54, 1.807) is 23.9 Å². The van der Waals surface area contributed by atoms with Crippen molar-refractivity contribution in [1.82, 2.24) is 14.8 Å². The predicted octanol–water partition coefficient (Wildman–Crippen LogP) is 1.33. The third kappa shape index (κ3) is 3.23. The number of anilines is 2. The smallest absolute Gasteiger partial charge is 0.253 e. The Morgan fingerprint density at radius 1 is 1.30 bits per heavy atom. The summed E-state index contributed by atoms with van der Waals surface area (Å²) in [6.45, 7) is 1.67. The minimum absolute atomic E-state index is 0.0760. The van der Waals surface area contributed by atoms with Gasteiger partial charge in [0.1, 0.15) is 5.15 Å². The molecule has 4 N–H and O–H groups in total. The summed E-state index contributed by atoms with van der Waals surface area (Å²) >= 11 is 5.75. The first-order chi connectivity index (χ1) is 9.42.